The van der Waals surface area contributed by atoms with Crippen molar-refractivity contribution in [3.63, 3.8) is 0 Å². The third kappa shape index (κ3) is 5.00. The number of rotatable bonds is 5. The maximum absolute atomic E-state index is 12.9. The quantitative estimate of drug-likeness (QED) is 0.871. The fraction of sp³-hybridized carbons (Fsp3) is 0.500. The van der Waals surface area contributed by atoms with Gasteiger partial charge in [0.1, 0.15) is 5.82 Å². The number of morpholine rings is 1. The third-order valence-corrected chi connectivity index (χ3v) is 4.81. The van der Waals surface area contributed by atoms with Crippen molar-refractivity contribution in [3.8, 4) is 0 Å². The average Bonchev–Trinajstić information content (AvgIpc) is 2.99. The van der Waals surface area contributed by atoms with E-state index in [1.807, 2.05) is 0 Å². The van der Waals surface area contributed by atoms with Crippen LogP contribution in [-0.2, 0) is 22.5 Å². The minimum atomic E-state index is -0.441. The van der Waals surface area contributed by atoms with Crippen LogP contribution in [0.4, 0.5) is 9.52 Å². The lowest BCUT2D eigenvalue weighted by atomic mass is 10.1. The molecule has 1 aliphatic heterocycles. The molecule has 0 radical (unpaired) electrons. The Hall–Kier alpha value is -1.97. The van der Waals surface area contributed by atoms with Crippen LogP contribution in [0.3, 0.4) is 0 Å². The first-order valence-electron chi connectivity index (χ1n) is 8.04. The molecule has 25 heavy (non-hydrogen) atoms. The first-order valence-corrected chi connectivity index (χ1v) is 8.85. The lowest BCUT2D eigenvalue weighted by molar-refractivity contribution is -0.114. The minimum Gasteiger partial charge on any atom is -0.375 e. The zero-order valence-corrected chi connectivity index (χ0v) is 14.9. The van der Waals surface area contributed by atoms with Gasteiger partial charge >= 0.3 is 0 Å². The molecule has 2 aromatic rings. The second kappa shape index (κ2) is 7.94. The smallest absolute Gasteiger partial charge is 0.223 e. The van der Waals surface area contributed by atoms with Gasteiger partial charge in [-0.05, 0) is 6.92 Å². The van der Waals surface area contributed by atoms with E-state index in [1.54, 1.807) is 6.20 Å². The lowest BCUT2D eigenvalue weighted by Crippen LogP contribution is -2.48. The molecule has 1 fully saturated rings. The molecule has 1 amide bonds. The van der Waals surface area contributed by atoms with E-state index in [1.165, 1.54) is 30.7 Å². The summed E-state index contributed by atoms with van der Waals surface area (Å²) in [5.41, 5.74) is 0. The number of hydrogen-bond donors (Lipinski definition) is 1. The van der Waals surface area contributed by atoms with E-state index in [9.17, 15) is 9.18 Å². The Labute approximate surface area is 149 Å². The number of carbonyl (C=O) groups is 1. The van der Waals surface area contributed by atoms with E-state index in [2.05, 4.69) is 32.1 Å². The first-order chi connectivity index (χ1) is 12.0. The van der Waals surface area contributed by atoms with Crippen molar-refractivity contribution in [1.82, 2.24) is 19.9 Å². The number of halogens is 1. The molecule has 1 saturated heterocycles. The van der Waals surface area contributed by atoms with Crippen LogP contribution in [0.15, 0.2) is 18.6 Å². The highest BCUT2D eigenvalue weighted by atomic mass is 32.1. The van der Waals surface area contributed by atoms with Gasteiger partial charge in [-0.15, -0.1) is 11.3 Å². The average molecular weight is 365 g/mol. The molecule has 0 spiro atoms. The van der Waals surface area contributed by atoms with E-state index < -0.39 is 5.82 Å². The number of carbonyl (C=O) groups excluding carboxylic acids is 1. The van der Waals surface area contributed by atoms with Gasteiger partial charge in [-0.3, -0.25) is 9.69 Å². The van der Waals surface area contributed by atoms with Crippen LogP contribution < -0.4 is 5.32 Å². The maximum Gasteiger partial charge on any atom is 0.223 e. The fourth-order valence-electron chi connectivity index (χ4n) is 2.66. The summed E-state index contributed by atoms with van der Waals surface area (Å²) in [6.07, 6.45) is 4.64. The minimum absolute atomic E-state index is 0.0376. The second-order valence-electron chi connectivity index (χ2n) is 6.07. The van der Waals surface area contributed by atoms with Crippen LogP contribution >= 0.6 is 11.3 Å². The van der Waals surface area contributed by atoms with Crippen LogP contribution in [0, 0.1) is 5.82 Å². The molecule has 0 aliphatic carbocycles. The summed E-state index contributed by atoms with van der Waals surface area (Å²) in [5.74, 6) is 0.00960. The normalized spacial score (nSPS) is 21.2. The molecule has 3 rings (SSSR count). The van der Waals surface area contributed by atoms with Crippen molar-refractivity contribution in [2.24, 2.45) is 0 Å². The van der Waals surface area contributed by atoms with Crippen LogP contribution in [0.25, 0.3) is 0 Å². The van der Waals surface area contributed by atoms with Crippen molar-refractivity contribution in [2.45, 2.75) is 39.0 Å². The SMILES string of the molecule is CC(=O)Nc1ncc(CN2C[C@@H](Cc3ncc(F)cn3)OC[C@H]2C)s1. The summed E-state index contributed by atoms with van der Waals surface area (Å²) in [7, 11) is 0. The molecule has 9 heteroatoms. The van der Waals surface area contributed by atoms with Gasteiger partial charge in [0.25, 0.3) is 0 Å². The molecule has 2 atom stereocenters. The molecule has 0 unspecified atom stereocenters. The summed E-state index contributed by atoms with van der Waals surface area (Å²) in [6, 6.07) is 0.275. The number of thiazole rings is 1. The molecule has 2 aromatic heterocycles. The predicted octanol–water partition coefficient (Wildman–Crippen LogP) is 1.86. The van der Waals surface area contributed by atoms with Gasteiger partial charge in [0.2, 0.25) is 5.91 Å². The number of amides is 1. The van der Waals surface area contributed by atoms with Crippen molar-refractivity contribution in [2.75, 3.05) is 18.5 Å². The zero-order chi connectivity index (χ0) is 17.8. The van der Waals surface area contributed by atoms with Gasteiger partial charge in [0.05, 0.1) is 25.1 Å². The summed E-state index contributed by atoms with van der Waals surface area (Å²) in [4.78, 5) is 26.7. The van der Waals surface area contributed by atoms with E-state index in [-0.39, 0.29) is 18.1 Å². The first kappa shape index (κ1) is 17.8. The van der Waals surface area contributed by atoms with Crippen molar-refractivity contribution < 1.29 is 13.9 Å². The predicted molar refractivity (Wildman–Crippen MR) is 91.7 cm³/mol. The van der Waals surface area contributed by atoms with E-state index in [0.717, 1.165) is 18.0 Å². The number of nitrogens with zero attached hydrogens (tertiary/aromatic N) is 4. The summed E-state index contributed by atoms with van der Waals surface area (Å²) < 4.78 is 18.8. The molecular weight excluding hydrogens is 345 g/mol. The van der Waals surface area contributed by atoms with Gasteiger partial charge < -0.3 is 10.1 Å². The van der Waals surface area contributed by atoms with Crippen molar-refractivity contribution >= 4 is 22.4 Å². The second-order valence-corrected chi connectivity index (χ2v) is 7.18. The molecule has 7 nitrogen and oxygen atoms in total. The number of anilines is 1. The standard InChI is InChI=1S/C16H20FN5O2S/c1-10-9-24-13(3-15-18-4-12(17)5-19-15)7-22(10)8-14-6-20-16(25-14)21-11(2)23/h4-6,10,13H,3,7-9H2,1-2H3,(H,20,21,23)/t10-,13-/m1/s1. The number of aromatic nitrogens is 3. The summed E-state index contributed by atoms with van der Waals surface area (Å²) in [5, 5.41) is 3.31. The molecule has 0 saturated carbocycles. The van der Waals surface area contributed by atoms with Crippen LogP contribution in [0.5, 0.6) is 0 Å². The van der Waals surface area contributed by atoms with Crippen molar-refractivity contribution in [3.05, 3.63) is 35.1 Å². The highest BCUT2D eigenvalue weighted by Crippen LogP contribution is 2.23. The number of hydrogen-bond acceptors (Lipinski definition) is 7. The molecular formula is C16H20FN5O2S. The summed E-state index contributed by atoms with van der Waals surface area (Å²) in [6.45, 7) is 5.66. The Morgan fingerprint density at radius 1 is 1.40 bits per heavy atom. The molecule has 1 aliphatic rings. The van der Waals surface area contributed by atoms with Gasteiger partial charge in [-0.2, -0.15) is 0 Å². The van der Waals surface area contributed by atoms with Gasteiger partial charge in [-0.1, -0.05) is 0 Å². The van der Waals surface area contributed by atoms with E-state index >= 15 is 0 Å². The van der Waals surface area contributed by atoms with E-state index in [0.29, 0.717) is 24.0 Å². The van der Waals surface area contributed by atoms with Crippen LogP contribution in [-0.4, -0.2) is 51.1 Å². The molecule has 3 heterocycles. The highest BCUT2D eigenvalue weighted by molar-refractivity contribution is 7.15. The topological polar surface area (TPSA) is 80.2 Å². The molecule has 0 aromatic carbocycles. The number of nitrogens with one attached hydrogen (secondary N) is 1. The number of ether oxygens (including phenoxy) is 1. The Morgan fingerprint density at radius 3 is 2.88 bits per heavy atom. The monoisotopic (exact) mass is 365 g/mol. The van der Waals surface area contributed by atoms with Crippen LogP contribution in [0.1, 0.15) is 24.5 Å². The highest BCUT2D eigenvalue weighted by Gasteiger charge is 2.27. The van der Waals surface area contributed by atoms with Crippen molar-refractivity contribution in [1.29, 1.82) is 0 Å². The molecule has 0 bridgehead atoms. The Bertz CT molecular complexity index is 724. The third-order valence-electron chi connectivity index (χ3n) is 3.91. The molecule has 134 valence electrons. The van der Waals surface area contributed by atoms with E-state index in [4.69, 9.17) is 4.74 Å². The Balaban J connectivity index is 1.59. The Kier molecular flexibility index (Phi) is 5.67. The molecule has 1 N–H and O–H groups in total. The van der Waals surface area contributed by atoms with Gasteiger partial charge in [0.15, 0.2) is 10.9 Å². The largest absolute Gasteiger partial charge is 0.375 e. The van der Waals surface area contributed by atoms with Gasteiger partial charge in [-0.25, -0.2) is 19.3 Å². The van der Waals surface area contributed by atoms with Crippen LogP contribution in [0.2, 0.25) is 0 Å². The Morgan fingerprint density at radius 2 is 2.16 bits per heavy atom. The van der Waals surface area contributed by atoms with Gasteiger partial charge in [0, 0.05) is 43.5 Å². The zero-order valence-electron chi connectivity index (χ0n) is 14.1. The lowest BCUT2D eigenvalue weighted by Gasteiger charge is -2.37. The fourth-order valence-corrected chi connectivity index (χ4v) is 3.54. The maximum atomic E-state index is 12.9. The summed E-state index contributed by atoms with van der Waals surface area (Å²) >= 11 is 1.47.